The number of thiazole rings is 1. The number of anilines is 2. The molecule has 0 aromatic carbocycles. The predicted octanol–water partition coefficient (Wildman–Crippen LogP) is 3.68. The SMILES string of the molecule is FC(F)(F)c1cccnc1N1CC2CN(c3nc4cnccc4s3)CC2C1. The number of nitrogens with zero attached hydrogens (tertiary/aromatic N) is 5. The summed E-state index contributed by atoms with van der Waals surface area (Å²) >= 11 is 1.64. The molecule has 0 N–H and O–H groups in total. The summed E-state index contributed by atoms with van der Waals surface area (Å²) in [5.74, 6) is 0.688. The van der Waals surface area contributed by atoms with Gasteiger partial charge >= 0.3 is 6.18 Å². The van der Waals surface area contributed by atoms with Crippen LogP contribution in [-0.2, 0) is 6.18 Å². The van der Waals surface area contributed by atoms with Crippen molar-refractivity contribution in [2.24, 2.45) is 11.8 Å². The largest absolute Gasteiger partial charge is 0.419 e. The maximum atomic E-state index is 13.3. The van der Waals surface area contributed by atoms with Crippen molar-refractivity contribution in [2.75, 3.05) is 36.0 Å². The van der Waals surface area contributed by atoms with E-state index in [0.29, 0.717) is 24.9 Å². The Morgan fingerprint density at radius 3 is 2.44 bits per heavy atom. The molecule has 5 heterocycles. The van der Waals surface area contributed by atoms with Crippen molar-refractivity contribution in [3.05, 3.63) is 42.4 Å². The van der Waals surface area contributed by atoms with E-state index in [1.54, 1.807) is 28.6 Å². The number of alkyl halides is 3. The van der Waals surface area contributed by atoms with Gasteiger partial charge in [-0.15, -0.1) is 0 Å². The van der Waals surface area contributed by atoms with Gasteiger partial charge in [-0.1, -0.05) is 11.3 Å². The molecule has 5 nitrogen and oxygen atoms in total. The molecular formula is C18H16F3N5S. The standard InChI is InChI=1S/C18H16F3N5S/c19-18(20,21)13-2-1-4-23-16(13)25-7-11-9-26(10-12(11)8-25)17-24-14-6-22-5-3-15(14)27-17/h1-6,11-12H,7-10H2. The predicted molar refractivity (Wildman–Crippen MR) is 98.1 cm³/mol. The maximum absolute atomic E-state index is 13.3. The van der Waals surface area contributed by atoms with Crippen LogP contribution in [0.2, 0.25) is 0 Å². The van der Waals surface area contributed by atoms with Gasteiger partial charge in [-0.05, 0) is 18.2 Å². The quantitative estimate of drug-likeness (QED) is 0.667. The van der Waals surface area contributed by atoms with Crippen molar-refractivity contribution in [3.63, 3.8) is 0 Å². The normalized spacial score (nSPS) is 22.6. The Labute approximate surface area is 157 Å². The molecule has 3 aromatic heterocycles. The molecule has 2 aliphatic heterocycles. The van der Waals surface area contributed by atoms with Gasteiger partial charge in [0, 0.05) is 50.4 Å². The van der Waals surface area contributed by atoms with Gasteiger partial charge in [0.1, 0.15) is 11.3 Å². The van der Waals surface area contributed by atoms with Crippen molar-refractivity contribution >= 4 is 32.5 Å². The number of aromatic nitrogens is 3. The number of fused-ring (bicyclic) bond motifs is 2. The molecule has 2 saturated heterocycles. The molecule has 2 unspecified atom stereocenters. The topological polar surface area (TPSA) is 45.2 Å². The number of hydrogen-bond acceptors (Lipinski definition) is 6. The van der Waals surface area contributed by atoms with Crippen LogP contribution in [0.15, 0.2) is 36.8 Å². The zero-order valence-electron chi connectivity index (χ0n) is 14.2. The van der Waals surface area contributed by atoms with Crippen LogP contribution in [0.4, 0.5) is 24.1 Å². The number of rotatable bonds is 2. The summed E-state index contributed by atoms with van der Waals surface area (Å²) in [6, 6.07) is 4.40. The van der Waals surface area contributed by atoms with Crippen LogP contribution < -0.4 is 9.80 Å². The van der Waals surface area contributed by atoms with Crippen molar-refractivity contribution in [3.8, 4) is 0 Å². The van der Waals surface area contributed by atoms with Crippen LogP contribution in [0.3, 0.4) is 0 Å². The minimum Gasteiger partial charge on any atom is -0.355 e. The van der Waals surface area contributed by atoms with Gasteiger partial charge in [-0.25, -0.2) is 9.97 Å². The Hall–Kier alpha value is -2.42. The Bertz CT molecular complexity index is 941. The van der Waals surface area contributed by atoms with E-state index in [1.807, 2.05) is 6.07 Å². The molecule has 2 atom stereocenters. The first-order valence-electron chi connectivity index (χ1n) is 8.72. The van der Waals surface area contributed by atoms with E-state index in [1.165, 1.54) is 12.3 Å². The summed E-state index contributed by atoms with van der Waals surface area (Å²) in [7, 11) is 0. The fraction of sp³-hybridized carbons (Fsp3) is 0.389. The van der Waals surface area contributed by atoms with Gasteiger partial charge in [0.05, 0.1) is 16.5 Å². The minimum atomic E-state index is -4.39. The van der Waals surface area contributed by atoms with Crippen molar-refractivity contribution in [1.82, 2.24) is 15.0 Å². The molecule has 3 aromatic rings. The lowest BCUT2D eigenvalue weighted by Crippen LogP contribution is -2.30. The van der Waals surface area contributed by atoms with E-state index >= 15 is 0 Å². The fourth-order valence-corrected chi connectivity index (χ4v) is 5.05. The van der Waals surface area contributed by atoms with Gasteiger partial charge in [0.25, 0.3) is 0 Å². The lowest BCUT2D eigenvalue weighted by molar-refractivity contribution is -0.137. The zero-order valence-corrected chi connectivity index (χ0v) is 15.0. The fourth-order valence-electron chi connectivity index (χ4n) is 4.10. The summed E-state index contributed by atoms with van der Waals surface area (Å²) in [4.78, 5) is 16.8. The average molecular weight is 391 g/mol. The lowest BCUT2D eigenvalue weighted by Gasteiger charge is -2.24. The summed E-state index contributed by atoms with van der Waals surface area (Å²) in [5.41, 5.74) is 0.236. The Morgan fingerprint density at radius 1 is 1.00 bits per heavy atom. The molecule has 9 heteroatoms. The van der Waals surface area contributed by atoms with E-state index in [0.717, 1.165) is 34.5 Å². The number of pyridine rings is 2. The second-order valence-corrected chi connectivity index (χ2v) is 8.05. The van der Waals surface area contributed by atoms with Crippen LogP contribution in [0.1, 0.15) is 5.56 Å². The molecule has 0 spiro atoms. The van der Waals surface area contributed by atoms with E-state index < -0.39 is 11.7 Å². The molecular weight excluding hydrogens is 375 g/mol. The molecule has 0 amide bonds. The second-order valence-electron chi connectivity index (χ2n) is 7.04. The summed E-state index contributed by atoms with van der Waals surface area (Å²) in [6.07, 6.45) is 0.558. The third-order valence-electron chi connectivity index (χ3n) is 5.33. The molecule has 0 bridgehead atoms. The lowest BCUT2D eigenvalue weighted by atomic mass is 10.0. The third-order valence-corrected chi connectivity index (χ3v) is 6.42. The number of hydrogen-bond donors (Lipinski definition) is 0. The van der Waals surface area contributed by atoms with Gasteiger partial charge in [-0.2, -0.15) is 13.2 Å². The first-order chi connectivity index (χ1) is 13.0. The highest BCUT2D eigenvalue weighted by atomic mass is 32.1. The molecule has 2 aliphatic rings. The Morgan fingerprint density at radius 2 is 1.74 bits per heavy atom. The van der Waals surface area contributed by atoms with Crippen molar-refractivity contribution in [1.29, 1.82) is 0 Å². The molecule has 0 radical (unpaired) electrons. The molecule has 140 valence electrons. The first kappa shape index (κ1) is 16.7. The smallest absolute Gasteiger partial charge is 0.355 e. The third kappa shape index (κ3) is 2.90. The van der Waals surface area contributed by atoms with Gasteiger partial charge in [0.15, 0.2) is 5.13 Å². The Balaban J connectivity index is 1.34. The Kier molecular flexibility index (Phi) is 3.75. The highest BCUT2D eigenvalue weighted by Gasteiger charge is 2.44. The van der Waals surface area contributed by atoms with Gasteiger partial charge in [-0.3, -0.25) is 4.98 Å². The minimum absolute atomic E-state index is 0.0528. The van der Waals surface area contributed by atoms with Gasteiger partial charge in [0.2, 0.25) is 0 Å². The summed E-state index contributed by atoms with van der Waals surface area (Å²) in [6.45, 7) is 2.80. The van der Waals surface area contributed by atoms with E-state index in [2.05, 4.69) is 19.9 Å². The molecule has 0 aliphatic carbocycles. The molecule has 27 heavy (non-hydrogen) atoms. The summed E-state index contributed by atoms with van der Waals surface area (Å²) in [5, 5.41) is 0.966. The molecule has 5 rings (SSSR count). The second kappa shape index (κ2) is 6.05. The van der Waals surface area contributed by atoms with E-state index in [9.17, 15) is 13.2 Å². The van der Waals surface area contributed by atoms with Crippen LogP contribution in [0, 0.1) is 11.8 Å². The zero-order chi connectivity index (χ0) is 18.6. The van der Waals surface area contributed by atoms with Gasteiger partial charge < -0.3 is 9.80 Å². The van der Waals surface area contributed by atoms with Crippen molar-refractivity contribution in [2.45, 2.75) is 6.18 Å². The maximum Gasteiger partial charge on any atom is 0.419 e. The molecule has 2 fully saturated rings. The van der Waals surface area contributed by atoms with Crippen LogP contribution >= 0.6 is 11.3 Å². The highest BCUT2D eigenvalue weighted by molar-refractivity contribution is 7.22. The highest BCUT2D eigenvalue weighted by Crippen LogP contribution is 2.41. The van der Waals surface area contributed by atoms with Crippen molar-refractivity contribution < 1.29 is 13.2 Å². The van der Waals surface area contributed by atoms with Crippen LogP contribution in [-0.4, -0.2) is 41.1 Å². The van der Waals surface area contributed by atoms with Crippen LogP contribution in [0.5, 0.6) is 0 Å². The summed E-state index contributed by atoms with van der Waals surface area (Å²) < 4.78 is 41.0. The number of halogens is 3. The monoisotopic (exact) mass is 391 g/mol. The first-order valence-corrected chi connectivity index (χ1v) is 9.53. The van der Waals surface area contributed by atoms with E-state index in [-0.39, 0.29) is 5.82 Å². The van der Waals surface area contributed by atoms with Crippen LogP contribution in [0.25, 0.3) is 10.2 Å². The van der Waals surface area contributed by atoms with E-state index in [4.69, 9.17) is 0 Å². The average Bonchev–Trinajstić information content (AvgIpc) is 3.33. The molecule has 0 saturated carbocycles.